The maximum Gasteiger partial charge on any atom is 0.191 e. The maximum absolute atomic E-state index is 5.23. The quantitative estimate of drug-likeness (QED) is 0.552. The molecule has 0 aliphatic carbocycles. The summed E-state index contributed by atoms with van der Waals surface area (Å²) in [5.74, 6) is 3.20. The summed E-state index contributed by atoms with van der Waals surface area (Å²) < 4.78 is 5.23. The maximum atomic E-state index is 5.23. The highest BCUT2D eigenvalue weighted by molar-refractivity contribution is 5.79. The molecule has 1 aromatic carbocycles. The first-order chi connectivity index (χ1) is 12.6. The first-order valence-corrected chi connectivity index (χ1v) is 9.98. The van der Waals surface area contributed by atoms with E-state index in [1.807, 2.05) is 12.1 Å². The van der Waals surface area contributed by atoms with Gasteiger partial charge in [-0.1, -0.05) is 26.0 Å². The third-order valence-corrected chi connectivity index (χ3v) is 4.79. The van der Waals surface area contributed by atoms with E-state index in [9.17, 15) is 0 Å². The normalized spacial score (nSPS) is 16.7. The molecule has 5 heteroatoms. The Morgan fingerprint density at radius 1 is 1.19 bits per heavy atom. The SMILES string of the molecule is CCNC(=NCC(C)C)NCC1CCN(Cc2ccc(OC)cc2)CC1. The average Bonchev–Trinajstić information content (AvgIpc) is 2.65. The molecule has 1 saturated heterocycles. The van der Waals surface area contributed by atoms with Crippen LogP contribution >= 0.6 is 0 Å². The van der Waals surface area contributed by atoms with Crippen LogP contribution in [0.15, 0.2) is 29.3 Å². The van der Waals surface area contributed by atoms with E-state index in [1.165, 1.54) is 18.4 Å². The third-order valence-electron chi connectivity index (χ3n) is 4.79. The van der Waals surface area contributed by atoms with E-state index in [1.54, 1.807) is 7.11 Å². The molecule has 1 aliphatic heterocycles. The fraction of sp³-hybridized carbons (Fsp3) is 0.667. The van der Waals surface area contributed by atoms with Crippen molar-refractivity contribution in [3.63, 3.8) is 0 Å². The fourth-order valence-electron chi connectivity index (χ4n) is 3.19. The highest BCUT2D eigenvalue weighted by atomic mass is 16.5. The number of rotatable bonds is 8. The van der Waals surface area contributed by atoms with Gasteiger partial charge >= 0.3 is 0 Å². The van der Waals surface area contributed by atoms with Gasteiger partial charge in [0.05, 0.1) is 7.11 Å². The van der Waals surface area contributed by atoms with Crippen LogP contribution in [0, 0.1) is 11.8 Å². The Labute approximate surface area is 159 Å². The monoisotopic (exact) mass is 360 g/mol. The van der Waals surface area contributed by atoms with Gasteiger partial charge in [-0.3, -0.25) is 9.89 Å². The molecule has 0 spiro atoms. The van der Waals surface area contributed by atoms with Crippen molar-refractivity contribution in [2.75, 3.05) is 39.8 Å². The summed E-state index contributed by atoms with van der Waals surface area (Å²) in [6.45, 7) is 12.7. The minimum atomic E-state index is 0.589. The Hall–Kier alpha value is -1.75. The summed E-state index contributed by atoms with van der Waals surface area (Å²) in [7, 11) is 1.71. The van der Waals surface area contributed by atoms with Gasteiger partial charge in [0, 0.05) is 26.2 Å². The summed E-state index contributed by atoms with van der Waals surface area (Å²) in [6, 6.07) is 8.43. The van der Waals surface area contributed by atoms with E-state index < -0.39 is 0 Å². The summed E-state index contributed by atoms with van der Waals surface area (Å²) in [4.78, 5) is 7.21. The highest BCUT2D eigenvalue weighted by Gasteiger charge is 2.19. The van der Waals surface area contributed by atoms with Crippen molar-refractivity contribution in [2.24, 2.45) is 16.8 Å². The van der Waals surface area contributed by atoms with E-state index in [4.69, 9.17) is 4.74 Å². The lowest BCUT2D eigenvalue weighted by molar-refractivity contribution is 0.178. The van der Waals surface area contributed by atoms with Crippen LogP contribution < -0.4 is 15.4 Å². The van der Waals surface area contributed by atoms with Gasteiger partial charge < -0.3 is 15.4 Å². The number of nitrogens with one attached hydrogen (secondary N) is 2. The second-order valence-electron chi connectivity index (χ2n) is 7.56. The van der Waals surface area contributed by atoms with Gasteiger partial charge in [0.15, 0.2) is 5.96 Å². The lowest BCUT2D eigenvalue weighted by atomic mass is 9.96. The molecule has 26 heavy (non-hydrogen) atoms. The Balaban J connectivity index is 1.72. The molecule has 0 atom stereocenters. The van der Waals surface area contributed by atoms with Gasteiger partial charge in [0.1, 0.15) is 5.75 Å². The van der Waals surface area contributed by atoms with Gasteiger partial charge in [0.25, 0.3) is 0 Å². The molecule has 0 amide bonds. The van der Waals surface area contributed by atoms with Crippen LogP contribution in [-0.4, -0.2) is 50.7 Å². The molecular weight excluding hydrogens is 324 g/mol. The predicted octanol–water partition coefficient (Wildman–Crippen LogP) is 3.12. The number of hydrogen-bond acceptors (Lipinski definition) is 3. The second kappa shape index (κ2) is 11.1. The number of ether oxygens (including phenoxy) is 1. The van der Waals surface area contributed by atoms with Gasteiger partial charge in [-0.25, -0.2) is 0 Å². The van der Waals surface area contributed by atoms with Crippen LogP contribution in [-0.2, 0) is 6.54 Å². The smallest absolute Gasteiger partial charge is 0.191 e. The molecule has 0 unspecified atom stereocenters. The van der Waals surface area contributed by atoms with E-state index in [-0.39, 0.29) is 0 Å². The molecule has 0 aromatic heterocycles. The first-order valence-electron chi connectivity index (χ1n) is 9.98. The zero-order valence-corrected chi connectivity index (χ0v) is 16.9. The molecular formula is C21H36N4O. The summed E-state index contributed by atoms with van der Waals surface area (Å²) in [5.41, 5.74) is 1.36. The predicted molar refractivity (Wildman–Crippen MR) is 110 cm³/mol. The Bertz CT molecular complexity index is 533. The number of piperidine rings is 1. The largest absolute Gasteiger partial charge is 0.497 e. The average molecular weight is 361 g/mol. The van der Waals surface area contributed by atoms with Crippen LogP contribution in [0.1, 0.15) is 39.2 Å². The molecule has 2 rings (SSSR count). The lowest BCUT2D eigenvalue weighted by Crippen LogP contribution is -2.42. The number of nitrogens with zero attached hydrogens (tertiary/aromatic N) is 2. The van der Waals surface area contributed by atoms with Crippen LogP contribution in [0.25, 0.3) is 0 Å². The molecule has 1 fully saturated rings. The van der Waals surface area contributed by atoms with Crippen molar-refractivity contribution in [1.82, 2.24) is 15.5 Å². The first kappa shape index (κ1) is 20.6. The number of hydrogen-bond donors (Lipinski definition) is 2. The molecule has 5 nitrogen and oxygen atoms in total. The van der Waals surface area contributed by atoms with Gasteiger partial charge in [-0.05, 0) is 62.4 Å². The third kappa shape index (κ3) is 7.24. The van der Waals surface area contributed by atoms with Crippen LogP contribution in [0.4, 0.5) is 0 Å². The fourth-order valence-corrected chi connectivity index (χ4v) is 3.19. The number of likely N-dealkylation sites (tertiary alicyclic amines) is 1. The van der Waals surface area contributed by atoms with Crippen molar-refractivity contribution in [1.29, 1.82) is 0 Å². The topological polar surface area (TPSA) is 48.9 Å². The summed E-state index contributed by atoms with van der Waals surface area (Å²) in [6.07, 6.45) is 2.49. The summed E-state index contributed by atoms with van der Waals surface area (Å²) in [5, 5.41) is 6.88. The molecule has 1 heterocycles. The zero-order chi connectivity index (χ0) is 18.8. The van der Waals surface area contributed by atoms with Crippen LogP contribution in [0.3, 0.4) is 0 Å². The summed E-state index contributed by atoms with van der Waals surface area (Å²) >= 11 is 0. The second-order valence-corrected chi connectivity index (χ2v) is 7.56. The number of aliphatic imine (C=N–C) groups is 1. The Morgan fingerprint density at radius 3 is 2.46 bits per heavy atom. The van der Waals surface area contributed by atoms with E-state index in [0.29, 0.717) is 5.92 Å². The molecule has 1 aliphatic rings. The molecule has 146 valence electrons. The van der Waals surface area contributed by atoms with Crippen LogP contribution in [0.5, 0.6) is 5.75 Å². The number of benzene rings is 1. The molecule has 0 bridgehead atoms. The molecule has 1 aromatic rings. The van der Waals surface area contributed by atoms with Crippen molar-refractivity contribution in [3.8, 4) is 5.75 Å². The van der Waals surface area contributed by atoms with E-state index in [2.05, 4.69) is 53.4 Å². The van der Waals surface area contributed by atoms with Crippen molar-refractivity contribution < 1.29 is 4.74 Å². The zero-order valence-electron chi connectivity index (χ0n) is 16.9. The minimum absolute atomic E-state index is 0.589. The van der Waals surface area contributed by atoms with E-state index >= 15 is 0 Å². The lowest BCUT2D eigenvalue weighted by Gasteiger charge is -2.32. The minimum Gasteiger partial charge on any atom is -0.497 e. The van der Waals surface area contributed by atoms with Gasteiger partial charge in [-0.15, -0.1) is 0 Å². The van der Waals surface area contributed by atoms with Gasteiger partial charge in [0.2, 0.25) is 0 Å². The highest BCUT2D eigenvalue weighted by Crippen LogP contribution is 2.19. The molecule has 0 radical (unpaired) electrons. The van der Waals surface area contributed by atoms with Crippen molar-refractivity contribution in [3.05, 3.63) is 29.8 Å². The van der Waals surface area contributed by atoms with Crippen LogP contribution in [0.2, 0.25) is 0 Å². The van der Waals surface area contributed by atoms with E-state index in [0.717, 1.165) is 56.9 Å². The van der Waals surface area contributed by atoms with Crippen molar-refractivity contribution in [2.45, 2.75) is 40.2 Å². The standard InChI is InChI=1S/C21H36N4O/c1-5-22-21(23-14-17(2)3)24-15-18-10-12-25(13-11-18)16-19-6-8-20(26-4)9-7-19/h6-9,17-18H,5,10-16H2,1-4H3,(H2,22,23,24). The number of guanidine groups is 1. The Kier molecular flexibility index (Phi) is 8.75. The van der Waals surface area contributed by atoms with Gasteiger partial charge in [-0.2, -0.15) is 0 Å². The molecule has 2 N–H and O–H groups in total. The molecule has 0 saturated carbocycles. The number of methoxy groups -OCH3 is 1. The van der Waals surface area contributed by atoms with Crippen molar-refractivity contribution >= 4 is 5.96 Å². The Morgan fingerprint density at radius 2 is 1.88 bits per heavy atom.